The van der Waals surface area contributed by atoms with E-state index >= 15 is 4.39 Å². The topological polar surface area (TPSA) is 91.4 Å². The Labute approximate surface area is 185 Å². The number of hydrogen-bond donors (Lipinski definition) is 1. The maximum atomic E-state index is 15.1. The first kappa shape index (κ1) is 21.9. The number of pyridine rings is 1. The summed E-state index contributed by atoms with van der Waals surface area (Å²) in [6.07, 6.45) is 0.499. The molecule has 32 heavy (non-hydrogen) atoms. The van der Waals surface area contributed by atoms with Crippen LogP contribution in [0.2, 0.25) is 0 Å². The van der Waals surface area contributed by atoms with Crippen LogP contribution in [0.4, 0.5) is 10.1 Å². The van der Waals surface area contributed by atoms with Gasteiger partial charge >= 0.3 is 5.97 Å². The summed E-state index contributed by atoms with van der Waals surface area (Å²) in [6, 6.07) is 7.07. The number of halogens is 1. The number of aryl methyl sites for hydroxylation is 2. The molecule has 1 aliphatic heterocycles. The second-order valence-electron chi connectivity index (χ2n) is 7.85. The normalized spacial score (nSPS) is 14.7. The zero-order valence-corrected chi connectivity index (χ0v) is 18.4. The van der Waals surface area contributed by atoms with Crippen molar-refractivity contribution in [1.29, 1.82) is 0 Å². The van der Waals surface area contributed by atoms with Crippen LogP contribution in [0.5, 0.6) is 0 Å². The minimum absolute atomic E-state index is 0.163. The highest BCUT2D eigenvalue weighted by molar-refractivity contribution is 5.87. The zero-order chi connectivity index (χ0) is 22.8. The van der Waals surface area contributed by atoms with Crippen molar-refractivity contribution in [2.45, 2.75) is 26.8 Å². The highest BCUT2D eigenvalue weighted by Crippen LogP contribution is 2.23. The van der Waals surface area contributed by atoms with Gasteiger partial charge in [-0.25, -0.2) is 19.2 Å². The molecule has 0 radical (unpaired) electrons. The lowest BCUT2D eigenvalue weighted by atomic mass is 10.1. The third-order valence-corrected chi connectivity index (χ3v) is 5.85. The third-order valence-electron chi connectivity index (χ3n) is 5.85. The molecular formula is C23H26FN5O3. The summed E-state index contributed by atoms with van der Waals surface area (Å²) in [7, 11) is 1.33. The lowest BCUT2D eigenvalue weighted by Gasteiger charge is -2.36. The fourth-order valence-corrected chi connectivity index (χ4v) is 4.06. The molecule has 1 aromatic carbocycles. The van der Waals surface area contributed by atoms with Crippen molar-refractivity contribution < 1.29 is 13.9 Å². The van der Waals surface area contributed by atoms with Crippen LogP contribution in [0.1, 0.15) is 34.4 Å². The quantitative estimate of drug-likeness (QED) is 0.611. The molecule has 0 bridgehead atoms. The second kappa shape index (κ2) is 9.04. The van der Waals surface area contributed by atoms with Gasteiger partial charge < -0.3 is 14.6 Å². The largest absolute Gasteiger partial charge is 0.464 e. The minimum Gasteiger partial charge on any atom is -0.464 e. The Bertz CT molecular complexity index is 1220. The number of nitrogens with zero attached hydrogens (tertiary/aromatic N) is 4. The van der Waals surface area contributed by atoms with Crippen LogP contribution in [0.15, 0.2) is 29.1 Å². The van der Waals surface area contributed by atoms with Crippen LogP contribution < -0.4 is 10.5 Å². The van der Waals surface area contributed by atoms with Gasteiger partial charge in [0.15, 0.2) is 5.82 Å². The number of carbonyl (C=O) groups is 1. The van der Waals surface area contributed by atoms with Crippen molar-refractivity contribution >= 4 is 22.7 Å². The van der Waals surface area contributed by atoms with Crippen molar-refractivity contribution in [3.63, 3.8) is 0 Å². The van der Waals surface area contributed by atoms with E-state index < -0.39 is 11.8 Å². The van der Waals surface area contributed by atoms with Crippen molar-refractivity contribution in [3.05, 3.63) is 63.1 Å². The van der Waals surface area contributed by atoms with Crippen molar-refractivity contribution in [2.24, 2.45) is 0 Å². The maximum Gasteiger partial charge on any atom is 0.356 e. The lowest BCUT2D eigenvalue weighted by Crippen LogP contribution is -2.46. The van der Waals surface area contributed by atoms with Crippen molar-refractivity contribution in [1.82, 2.24) is 19.9 Å². The minimum atomic E-state index is -0.454. The Hall–Kier alpha value is -3.33. The molecule has 0 atom stereocenters. The van der Waals surface area contributed by atoms with E-state index in [9.17, 15) is 9.59 Å². The average Bonchev–Trinajstić information content (AvgIpc) is 2.81. The molecule has 0 amide bonds. The first-order valence-electron chi connectivity index (χ1n) is 10.6. The number of anilines is 1. The van der Waals surface area contributed by atoms with E-state index in [1.54, 1.807) is 18.2 Å². The number of H-pyrrole nitrogens is 1. The molecule has 9 heteroatoms. The van der Waals surface area contributed by atoms with E-state index in [-0.39, 0.29) is 16.8 Å². The monoisotopic (exact) mass is 439 g/mol. The van der Waals surface area contributed by atoms with E-state index in [4.69, 9.17) is 4.74 Å². The predicted molar refractivity (Wildman–Crippen MR) is 120 cm³/mol. The summed E-state index contributed by atoms with van der Waals surface area (Å²) in [6.45, 7) is 7.18. The zero-order valence-electron chi connectivity index (χ0n) is 18.4. The number of hydrogen-bond acceptors (Lipinski definition) is 7. The smallest absolute Gasteiger partial charge is 0.356 e. The van der Waals surface area contributed by atoms with Crippen molar-refractivity contribution in [3.8, 4) is 0 Å². The number of esters is 1. The summed E-state index contributed by atoms with van der Waals surface area (Å²) in [5.74, 6) is -0.875. The highest BCUT2D eigenvalue weighted by Gasteiger charge is 2.21. The van der Waals surface area contributed by atoms with E-state index in [2.05, 4.69) is 24.8 Å². The Morgan fingerprint density at radius 1 is 1.16 bits per heavy atom. The molecule has 0 aliphatic carbocycles. The predicted octanol–water partition coefficient (Wildman–Crippen LogP) is 2.44. The molecule has 0 unspecified atom stereocenters. The SMILES string of the molecule is CCc1nc2ccc(CN3CCN(c4ccc(C(=O)OC)nc4C)CC3)c(F)c2[nH]c1=O. The summed E-state index contributed by atoms with van der Waals surface area (Å²) < 4.78 is 19.8. The van der Waals surface area contributed by atoms with Gasteiger partial charge in [-0.2, -0.15) is 0 Å². The standard InChI is InChI=1S/C23H26FN5O3/c1-4-16-22(30)27-21-17(26-16)6-5-15(20(21)24)13-28-9-11-29(12-10-28)19-8-7-18(23(31)32-3)25-14(19)2/h5-8H,4,9-13H2,1-3H3,(H,27,30). The summed E-state index contributed by atoms with van der Waals surface area (Å²) >= 11 is 0. The second-order valence-corrected chi connectivity index (χ2v) is 7.85. The van der Waals surface area contributed by atoms with Gasteiger partial charge in [0.2, 0.25) is 0 Å². The fourth-order valence-electron chi connectivity index (χ4n) is 4.06. The van der Waals surface area contributed by atoms with Gasteiger partial charge in [0.25, 0.3) is 5.56 Å². The van der Waals surface area contributed by atoms with Crippen LogP contribution in [0, 0.1) is 12.7 Å². The lowest BCUT2D eigenvalue weighted by molar-refractivity contribution is 0.0594. The molecule has 1 saturated heterocycles. The Balaban J connectivity index is 1.45. The van der Waals surface area contributed by atoms with E-state index in [0.717, 1.165) is 37.6 Å². The third kappa shape index (κ3) is 4.20. The van der Waals surface area contributed by atoms with Gasteiger partial charge in [0, 0.05) is 38.3 Å². The van der Waals surface area contributed by atoms with Crippen LogP contribution >= 0.6 is 0 Å². The summed E-state index contributed by atoms with van der Waals surface area (Å²) in [4.78, 5) is 39.4. The molecule has 1 aliphatic rings. The molecular weight excluding hydrogens is 413 g/mol. The molecule has 3 aromatic rings. The molecule has 3 heterocycles. The maximum absolute atomic E-state index is 15.1. The number of rotatable bonds is 5. The van der Waals surface area contributed by atoms with Gasteiger partial charge in [0.1, 0.15) is 16.9 Å². The first-order valence-corrected chi connectivity index (χ1v) is 10.6. The number of carbonyl (C=O) groups excluding carboxylic acids is 1. The molecule has 0 spiro atoms. The number of benzene rings is 1. The number of nitrogens with one attached hydrogen (secondary N) is 1. The highest BCUT2D eigenvalue weighted by atomic mass is 19.1. The summed E-state index contributed by atoms with van der Waals surface area (Å²) in [5, 5.41) is 0. The summed E-state index contributed by atoms with van der Waals surface area (Å²) in [5.41, 5.74) is 3.26. The van der Waals surface area contributed by atoms with E-state index in [1.165, 1.54) is 7.11 Å². The van der Waals surface area contributed by atoms with Crippen LogP contribution in [0.25, 0.3) is 11.0 Å². The molecule has 1 fully saturated rings. The Morgan fingerprint density at radius 3 is 2.56 bits per heavy atom. The number of aromatic amines is 1. The van der Waals surface area contributed by atoms with Crippen LogP contribution in [-0.2, 0) is 17.7 Å². The number of piperazine rings is 1. The fraction of sp³-hybridized carbons (Fsp3) is 0.391. The number of ether oxygens (including phenoxy) is 1. The van der Waals surface area contributed by atoms with Gasteiger partial charge in [-0.05, 0) is 31.5 Å². The number of methoxy groups -OCH3 is 1. The molecule has 1 N–H and O–H groups in total. The van der Waals surface area contributed by atoms with Gasteiger partial charge in [-0.1, -0.05) is 13.0 Å². The van der Waals surface area contributed by atoms with Crippen LogP contribution in [-0.4, -0.2) is 59.1 Å². The molecule has 2 aromatic heterocycles. The molecule has 4 rings (SSSR count). The number of fused-ring (bicyclic) bond motifs is 1. The molecule has 8 nitrogen and oxygen atoms in total. The van der Waals surface area contributed by atoms with Gasteiger partial charge in [0.05, 0.1) is 24.0 Å². The van der Waals surface area contributed by atoms with E-state index in [1.807, 2.05) is 19.9 Å². The Morgan fingerprint density at radius 2 is 1.91 bits per heavy atom. The average molecular weight is 439 g/mol. The first-order chi connectivity index (χ1) is 15.4. The molecule has 0 saturated carbocycles. The van der Waals surface area contributed by atoms with E-state index in [0.29, 0.717) is 29.7 Å². The van der Waals surface area contributed by atoms with Gasteiger partial charge in [-0.15, -0.1) is 0 Å². The molecule has 168 valence electrons. The number of aromatic nitrogens is 3. The van der Waals surface area contributed by atoms with Crippen LogP contribution in [0.3, 0.4) is 0 Å². The van der Waals surface area contributed by atoms with Crippen molar-refractivity contribution in [2.75, 3.05) is 38.2 Å². The Kier molecular flexibility index (Phi) is 6.18. The van der Waals surface area contributed by atoms with Gasteiger partial charge in [-0.3, -0.25) is 9.69 Å².